The van der Waals surface area contributed by atoms with Gasteiger partial charge in [0.2, 0.25) is 10.0 Å². The zero-order valence-electron chi connectivity index (χ0n) is 10.5. The van der Waals surface area contributed by atoms with Gasteiger partial charge in [0, 0.05) is 6.04 Å². The Kier molecular flexibility index (Phi) is 4.52. The van der Waals surface area contributed by atoms with E-state index in [9.17, 15) is 17.2 Å². The van der Waals surface area contributed by atoms with E-state index >= 15 is 0 Å². The molecule has 1 N–H and O–H groups in total. The van der Waals surface area contributed by atoms with Crippen LogP contribution in [0.1, 0.15) is 38.5 Å². The first-order valence-corrected chi connectivity index (χ1v) is 7.95. The van der Waals surface area contributed by atoms with Crippen molar-refractivity contribution in [1.82, 2.24) is 4.72 Å². The Morgan fingerprint density at radius 2 is 1.68 bits per heavy atom. The van der Waals surface area contributed by atoms with Crippen molar-refractivity contribution in [1.29, 1.82) is 0 Å². The topological polar surface area (TPSA) is 46.2 Å². The summed E-state index contributed by atoms with van der Waals surface area (Å²) >= 11 is 0. The van der Waals surface area contributed by atoms with Gasteiger partial charge in [-0.05, 0) is 31.0 Å². The zero-order valence-corrected chi connectivity index (χ0v) is 11.3. The van der Waals surface area contributed by atoms with Gasteiger partial charge in [-0.15, -0.1) is 0 Å². The monoisotopic (exact) mass is 289 g/mol. The van der Waals surface area contributed by atoms with Crippen LogP contribution in [0, 0.1) is 11.6 Å². The highest BCUT2D eigenvalue weighted by atomic mass is 32.2. The SMILES string of the molecule is O=S(=O)(NC1CCCCCC1)c1cc(F)ccc1F. The molecule has 0 radical (unpaired) electrons. The molecule has 6 heteroatoms. The molecule has 1 aliphatic carbocycles. The summed E-state index contributed by atoms with van der Waals surface area (Å²) in [6, 6.07) is 2.26. The first-order valence-electron chi connectivity index (χ1n) is 6.46. The summed E-state index contributed by atoms with van der Waals surface area (Å²) in [5.41, 5.74) is 0. The normalized spacial score (nSPS) is 18.2. The summed E-state index contributed by atoms with van der Waals surface area (Å²) < 4.78 is 53.2. The van der Waals surface area contributed by atoms with E-state index in [1.54, 1.807) is 0 Å². The summed E-state index contributed by atoms with van der Waals surface area (Å²) in [7, 11) is -3.99. The fourth-order valence-corrected chi connectivity index (χ4v) is 3.76. The molecule has 1 fully saturated rings. The molecule has 1 aromatic rings. The highest BCUT2D eigenvalue weighted by molar-refractivity contribution is 7.89. The number of benzene rings is 1. The second-order valence-corrected chi connectivity index (χ2v) is 6.57. The molecule has 0 saturated heterocycles. The first kappa shape index (κ1) is 14.4. The van der Waals surface area contributed by atoms with Crippen molar-refractivity contribution in [3.8, 4) is 0 Å². The van der Waals surface area contributed by atoms with Crippen LogP contribution < -0.4 is 4.72 Å². The van der Waals surface area contributed by atoms with Crippen LogP contribution in [-0.4, -0.2) is 14.5 Å². The van der Waals surface area contributed by atoms with Crippen LogP contribution in [0.2, 0.25) is 0 Å². The molecule has 0 aromatic heterocycles. The Bertz CT molecular complexity index is 538. The van der Waals surface area contributed by atoms with Gasteiger partial charge >= 0.3 is 0 Å². The van der Waals surface area contributed by atoms with Crippen LogP contribution in [0.3, 0.4) is 0 Å². The zero-order chi connectivity index (χ0) is 13.9. The van der Waals surface area contributed by atoms with Crippen molar-refractivity contribution >= 4 is 10.0 Å². The number of hydrogen-bond donors (Lipinski definition) is 1. The van der Waals surface area contributed by atoms with Crippen LogP contribution in [0.5, 0.6) is 0 Å². The summed E-state index contributed by atoms with van der Waals surface area (Å²) in [6.45, 7) is 0. The fourth-order valence-electron chi connectivity index (χ4n) is 2.36. The quantitative estimate of drug-likeness (QED) is 0.870. The standard InChI is InChI=1S/C13H17F2NO2S/c14-10-7-8-12(15)13(9-10)19(17,18)16-11-5-3-1-2-4-6-11/h7-9,11,16H,1-6H2. The van der Waals surface area contributed by atoms with E-state index in [1.807, 2.05) is 0 Å². The van der Waals surface area contributed by atoms with Gasteiger partial charge in [0.05, 0.1) is 0 Å². The van der Waals surface area contributed by atoms with Crippen LogP contribution in [0.25, 0.3) is 0 Å². The Morgan fingerprint density at radius 3 is 2.32 bits per heavy atom. The van der Waals surface area contributed by atoms with E-state index < -0.39 is 26.6 Å². The summed E-state index contributed by atoms with van der Waals surface area (Å²) in [5, 5.41) is 0. The molecule has 0 atom stereocenters. The molecule has 106 valence electrons. The van der Waals surface area contributed by atoms with Gasteiger partial charge in [-0.2, -0.15) is 0 Å². The Morgan fingerprint density at radius 1 is 1.05 bits per heavy atom. The minimum atomic E-state index is -3.99. The van der Waals surface area contributed by atoms with E-state index in [0.29, 0.717) is 6.07 Å². The maximum Gasteiger partial charge on any atom is 0.243 e. The number of sulfonamides is 1. The first-order chi connectivity index (χ1) is 8.99. The van der Waals surface area contributed by atoms with Crippen molar-refractivity contribution in [2.45, 2.75) is 49.5 Å². The highest BCUT2D eigenvalue weighted by Crippen LogP contribution is 2.21. The van der Waals surface area contributed by atoms with Crippen LogP contribution in [0.15, 0.2) is 23.1 Å². The number of rotatable bonds is 3. The lowest BCUT2D eigenvalue weighted by atomic mass is 10.1. The maximum absolute atomic E-state index is 13.5. The number of nitrogens with one attached hydrogen (secondary N) is 1. The average Bonchev–Trinajstić information content (AvgIpc) is 2.60. The molecule has 1 aromatic carbocycles. The average molecular weight is 289 g/mol. The Hall–Kier alpha value is -1.01. The van der Waals surface area contributed by atoms with Gasteiger partial charge < -0.3 is 0 Å². The fraction of sp³-hybridized carbons (Fsp3) is 0.538. The van der Waals surface area contributed by atoms with Crippen molar-refractivity contribution in [3.63, 3.8) is 0 Å². The molecular weight excluding hydrogens is 272 g/mol. The van der Waals surface area contributed by atoms with Gasteiger partial charge in [0.15, 0.2) is 0 Å². The van der Waals surface area contributed by atoms with Gasteiger partial charge in [-0.1, -0.05) is 25.7 Å². The van der Waals surface area contributed by atoms with Gasteiger partial charge in [-0.25, -0.2) is 21.9 Å². The third-order valence-electron chi connectivity index (χ3n) is 3.36. The molecule has 0 spiro atoms. The van der Waals surface area contributed by atoms with Gasteiger partial charge in [0.1, 0.15) is 16.5 Å². The van der Waals surface area contributed by atoms with E-state index in [0.717, 1.165) is 50.7 Å². The Labute approximate surface area is 112 Å². The summed E-state index contributed by atoms with van der Waals surface area (Å²) in [5.74, 6) is -1.69. The maximum atomic E-state index is 13.5. The van der Waals surface area contributed by atoms with Crippen LogP contribution in [-0.2, 0) is 10.0 Å². The lowest BCUT2D eigenvalue weighted by Gasteiger charge is -2.16. The van der Waals surface area contributed by atoms with Crippen LogP contribution in [0.4, 0.5) is 8.78 Å². The van der Waals surface area contributed by atoms with E-state index in [1.165, 1.54) is 0 Å². The van der Waals surface area contributed by atoms with Crippen molar-refractivity contribution in [2.75, 3.05) is 0 Å². The second kappa shape index (κ2) is 5.96. The predicted octanol–water partition coefficient (Wildman–Crippen LogP) is 2.97. The molecule has 0 unspecified atom stereocenters. The highest BCUT2D eigenvalue weighted by Gasteiger charge is 2.24. The predicted molar refractivity (Wildman–Crippen MR) is 68.2 cm³/mol. The molecule has 1 aliphatic rings. The number of hydrogen-bond acceptors (Lipinski definition) is 2. The second-order valence-electron chi connectivity index (χ2n) is 4.88. The molecule has 1 saturated carbocycles. The smallest absolute Gasteiger partial charge is 0.208 e. The largest absolute Gasteiger partial charge is 0.243 e. The molecule has 0 heterocycles. The van der Waals surface area contributed by atoms with Crippen molar-refractivity contribution in [3.05, 3.63) is 29.8 Å². The minimum Gasteiger partial charge on any atom is -0.208 e. The summed E-state index contributed by atoms with van der Waals surface area (Å²) in [6.07, 6.45) is 5.59. The number of halogens is 2. The van der Waals surface area contributed by atoms with Gasteiger partial charge in [0.25, 0.3) is 0 Å². The van der Waals surface area contributed by atoms with E-state index in [-0.39, 0.29) is 6.04 Å². The van der Waals surface area contributed by atoms with Gasteiger partial charge in [-0.3, -0.25) is 0 Å². The van der Waals surface area contributed by atoms with Crippen LogP contribution >= 0.6 is 0 Å². The molecule has 2 rings (SSSR count). The molecule has 0 bridgehead atoms. The van der Waals surface area contributed by atoms with Crippen molar-refractivity contribution < 1.29 is 17.2 Å². The minimum absolute atomic E-state index is 0.185. The molecular formula is C13H17F2NO2S. The molecule has 0 amide bonds. The lowest BCUT2D eigenvalue weighted by molar-refractivity contribution is 0.501. The lowest BCUT2D eigenvalue weighted by Crippen LogP contribution is -2.34. The third kappa shape index (κ3) is 3.73. The third-order valence-corrected chi connectivity index (χ3v) is 4.90. The Balaban J connectivity index is 2.19. The summed E-state index contributed by atoms with van der Waals surface area (Å²) in [4.78, 5) is -0.614. The van der Waals surface area contributed by atoms with Crippen molar-refractivity contribution in [2.24, 2.45) is 0 Å². The van der Waals surface area contributed by atoms with E-state index in [2.05, 4.69) is 4.72 Å². The van der Waals surface area contributed by atoms with E-state index in [4.69, 9.17) is 0 Å². The molecule has 19 heavy (non-hydrogen) atoms. The molecule has 0 aliphatic heterocycles. The molecule has 3 nitrogen and oxygen atoms in total.